The summed E-state index contributed by atoms with van der Waals surface area (Å²) in [6.45, 7) is 1.88. The van der Waals surface area contributed by atoms with E-state index in [1.165, 1.54) is 11.8 Å². The van der Waals surface area contributed by atoms with Crippen LogP contribution in [0.3, 0.4) is 0 Å². The first-order chi connectivity index (χ1) is 11.4. The molecule has 3 rings (SSSR count). The van der Waals surface area contributed by atoms with E-state index in [4.69, 9.17) is 11.6 Å². The second-order valence-electron chi connectivity index (χ2n) is 5.08. The summed E-state index contributed by atoms with van der Waals surface area (Å²) in [4.78, 5) is 17.1. The highest BCUT2D eigenvalue weighted by atomic mass is 79.9. The Bertz CT molecular complexity index is 896. The van der Waals surface area contributed by atoms with E-state index < -0.39 is 0 Å². The Labute approximate surface area is 156 Å². The Morgan fingerprint density at radius 3 is 2.88 bits per heavy atom. The predicted molar refractivity (Wildman–Crippen MR) is 103 cm³/mol. The highest BCUT2D eigenvalue weighted by molar-refractivity contribution is 9.10. The van der Waals surface area contributed by atoms with Gasteiger partial charge in [0.15, 0.2) is 5.17 Å². The van der Waals surface area contributed by atoms with Crippen molar-refractivity contribution in [2.45, 2.75) is 6.92 Å². The molecule has 2 aromatic rings. The third kappa shape index (κ3) is 3.66. The van der Waals surface area contributed by atoms with Crippen molar-refractivity contribution in [3.8, 4) is 5.75 Å². The molecule has 7 heteroatoms. The smallest absolute Gasteiger partial charge is 0.264 e. The van der Waals surface area contributed by atoms with Gasteiger partial charge in [-0.15, -0.1) is 0 Å². The molecule has 1 saturated heterocycles. The number of thioether (sulfide) groups is 1. The maximum Gasteiger partial charge on any atom is 0.264 e. The minimum atomic E-state index is -0.206. The first-order valence-corrected chi connectivity index (χ1v) is 8.96. The molecule has 1 amide bonds. The van der Waals surface area contributed by atoms with Crippen LogP contribution in [0.4, 0.5) is 5.69 Å². The molecule has 0 spiro atoms. The van der Waals surface area contributed by atoms with Gasteiger partial charge in [0.25, 0.3) is 5.91 Å². The number of benzene rings is 2. The van der Waals surface area contributed by atoms with Gasteiger partial charge in [0.05, 0.1) is 15.1 Å². The Morgan fingerprint density at radius 1 is 1.33 bits per heavy atom. The number of rotatable bonds is 2. The zero-order chi connectivity index (χ0) is 17.3. The fraction of sp³-hybridized carbons (Fsp3) is 0.0588. The second-order valence-corrected chi connectivity index (χ2v) is 7.37. The van der Waals surface area contributed by atoms with E-state index in [1.807, 2.05) is 19.1 Å². The van der Waals surface area contributed by atoms with Gasteiger partial charge in [-0.05, 0) is 76.1 Å². The van der Waals surface area contributed by atoms with Crippen molar-refractivity contribution in [2.24, 2.45) is 4.99 Å². The van der Waals surface area contributed by atoms with Gasteiger partial charge in [-0.2, -0.15) is 0 Å². The van der Waals surface area contributed by atoms with E-state index in [1.54, 1.807) is 30.3 Å². The van der Waals surface area contributed by atoms with E-state index in [0.717, 1.165) is 16.8 Å². The molecule has 1 aliphatic rings. The molecule has 0 atom stereocenters. The van der Waals surface area contributed by atoms with E-state index in [-0.39, 0.29) is 11.7 Å². The molecule has 1 aliphatic heterocycles. The predicted octanol–water partition coefficient (Wildman–Crippen LogP) is 5.01. The van der Waals surface area contributed by atoms with Gasteiger partial charge in [-0.3, -0.25) is 4.79 Å². The monoisotopic (exact) mass is 422 g/mol. The molecule has 1 heterocycles. The molecule has 0 radical (unpaired) electrons. The number of aromatic hydroxyl groups is 1. The molecular weight excluding hydrogens is 412 g/mol. The fourth-order valence-corrected chi connectivity index (χ4v) is 3.47. The van der Waals surface area contributed by atoms with Gasteiger partial charge >= 0.3 is 0 Å². The number of aliphatic imine (C=N–C) groups is 1. The van der Waals surface area contributed by atoms with Crippen LogP contribution in [0.5, 0.6) is 5.75 Å². The second kappa shape index (κ2) is 7.01. The summed E-state index contributed by atoms with van der Waals surface area (Å²) in [6, 6.07) is 10.5. The molecule has 1 fully saturated rings. The summed E-state index contributed by atoms with van der Waals surface area (Å²) in [5.41, 5.74) is 2.39. The summed E-state index contributed by atoms with van der Waals surface area (Å²) in [6.07, 6.45) is 1.75. The lowest BCUT2D eigenvalue weighted by molar-refractivity contribution is -0.115. The molecule has 0 aromatic heterocycles. The molecule has 0 unspecified atom stereocenters. The lowest BCUT2D eigenvalue weighted by atomic mass is 10.2. The molecule has 2 N–H and O–H groups in total. The summed E-state index contributed by atoms with van der Waals surface area (Å²) in [5.74, 6) is -0.0537. The lowest BCUT2D eigenvalue weighted by Crippen LogP contribution is -2.19. The number of phenols is 1. The van der Waals surface area contributed by atoms with Crippen LogP contribution in [-0.4, -0.2) is 16.2 Å². The number of nitrogens with one attached hydrogen (secondary N) is 1. The minimum absolute atomic E-state index is 0.152. The van der Waals surface area contributed by atoms with Gasteiger partial charge in [0.2, 0.25) is 0 Å². The van der Waals surface area contributed by atoms with Crippen LogP contribution in [-0.2, 0) is 4.79 Å². The SMILES string of the molecule is Cc1c(Cl)cccc1N=C1NC(=O)/C(=C\c2ccc(O)c(Br)c2)S1. The van der Waals surface area contributed by atoms with Crippen molar-refractivity contribution in [2.75, 3.05) is 0 Å². The molecule has 0 bridgehead atoms. The van der Waals surface area contributed by atoms with Gasteiger partial charge in [-0.1, -0.05) is 23.7 Å². The van der Waals surface area contributed by atoms with Gasteiger partial charge in [0.1, 0.15) is 5.75 Å². The number of amides is 1. The number of amidine groups is 1. The van der Waals surface area contributed by atoms with E-state index in [0.29, 0.717) is 19.6 Å². The van der Waals surface area contributed by atoms with Crippen molar-refractivity contribution < 1.29 is 9.90 Å². The van der Waals surface area contributed by atoms with Crippen LogP contribution >= 0.6 is 39.3 Å². The summed E-state index contributed by atoms with van der Waals surface area (Å²) >= 11 is 10.6. The average Bonchev–Trinajstić information content (AvgIpc) is 2.87. The third-order valence-corrected chi connectivity index (χ3v) is 5.34. The van der Waals surface area contributed by atoms with E-state index in [2.05, 4.69) is 26.2 Å². The largest absolute Gasteiger partial charge is 0.507 e. The van der Waals surface area contributed by atoms with Crippen molar-refractivity contribution in [1.29, 1.82) is 0 Å². The Morgan fingerprint density at radius 2 is 2.12 bits per heavy atom. The standard InChI is InChI=1S/C17H12BrClN2O2S/c1-9-12(19)3-2-4-13(9)20-17-21-16(23)15(24-17)8-10-5-6-14(22)11(18)7-10/h2-8,22H,1H3,(H,20,21,23)/b15-8+. The zero-order valence-corrected chi connectivity index (χ0v) is 15.7. The van der Waals surface area contributed by atoms with Crippen LogP contribution in [0, 0.1) is 6.92 Å². The highest BCUT2D eigenvalue weighted by Gasteiger charge is 2.24. The minimum Gasteiger partial charge on any atom is -0.507 e. The first kappa shape index (κ1) is 17.1. The average molecular weight is 424 g/mol. The van der Waals surface area contributed by atoms with Crippen LogP contribution in [0.1, 0.15) is 11.1 Å². The van der Waals surface area contributed by atoms with Crippen LogP contribution in [0.2, 0.25) is 5.02 Å². The number of hydrogen-bond donors (Lipinski definition) is 2. The highest BCUT2D eigenvalue weighted by Crippen LogP contribution is 2.32. The fourth-order valence-electron chi connectivity index (χ4n) is 2.07. The number of hydrogen-bond acceptors (Lipinski definition) is 4. The normalized spacial score (nSPS) is 17.5. The van der Waals surface area contributed by atoms with Crippen LogP contribution < -0.4 is 5.32 Å². The van der Waals surface area contributed by atoms with Crippen molar-refractivity contribution in [3.63, 3.8) is 0 Å². The number of carbonyl (C=O) groups excluding carboxylic acids is 1. The van der Waals surface area contributed by atoms with Crippen molar-refractivity contribution in [3.05, 3.63) is 61.9 Å². The van der Waals surface area contributed by atoms with Crippen LogP contribution in [0.25, 0.3) is 6.08 Å². The lowest BCUT2D eigenvalue weighted by Gasteiger charge is -2.02. The Balaban J connectivity index is 1.88. The van der Waals surface area contributed by atoms with Gasteiger partial charge in [-0.25, -0.2) is 4.99 Å². The summed E-state index contributed by atoms with van der Waals surface area (Å²) < 4.78 is 0.573. The number of halogens is 2. The molecule has 0 saturated carbocycles. The molecule has 4 nitrogen and oxygen atoms in total. The van der Waals surface area contributed by atoms with Crippen LogP contribution in [0.15, 0.2) is 50.8 Å². The molecule has 0 aliphatic carbocycles. The Kier molecular flexibility index (Phi) is 4.99. The molecular formula is C17H12BrClN2O2S. The number of nitrogens with zero attached hydrogens (tertiary/aromatic N) is 1. The first-order valence-electron chi connectivity index (χ1n) is 6.97. The maximum absolute atomic E-state index is 12.1. The van der Waals surface area contributed by atoms with Gasteiger partial charge < -0.3 is 10.4 Å². The summed E-state index contributed by atoms with van der Waals surface area (Å²) in [5, 5.41) is 13.4. The topological polar surface area (TPSA) is 61.7 Å². The van der Waals surface area contributed by atoms with Crippen molar-refractivity contribution in [1.82, 2.24) is 5.32 Å². The zero-order valence-electron chi connectivity index (χ0n) is 12.5. The summed E-state index contributed by atoms with van der Waals surface area (Å²) in [7, 11) is 0. The van der Waals surface area contributed by atoms with Gasteiger partial charge in [0, 0.05) is 5.02 Å². The number of phenolic OH excluding ortho intramolecular Hbond substituents is 1. The maximum atomic E-state index is 12.1. The molecule has 2 aromatic carbocycles. The van der Waals surface area contributed by atoms with E-state index in [9.17, 15) is 9.90 Å². The quantitative estimate of drug-likeness (QED) is 0.668. The van der Waals surface area contributed by atoms with E-state index >= 15 is 0 Å². The number of carbonyl (C=O) groups is 1. The Hall–Kier alpha value is -1.76. The molecule has 24 heavy (non-hydrogen) atoms. The third-order valence-electron chi connectivity index (χ3n) is 3.38. The molecule has 122 valence electrons. The van der Waals surface area contributed by atoms with Crippen molar-refractivity contribution >= 4 is 62.1 Å².